The van der Waals surface area contributed by atoms with E-state index in [2.05, 4.69) is 9.89 Å². The SMILES string of the molecule is CC1=NCCN(CC(Oc2ccc3c(c2)CCCS3(=O)=O)c2ccc(C)c(F)c2)C1. The Bertz CT molecular complexity index is 1080. The molecule has 0 radical (unpaired) electrons. The van der Waals surface area contributed by atoms with E-state index in [9.17, 15) is 12.8 Å². The zero-order chi connectivity index (χ0) is 21.3. The van der Waals surface area contributed by atoms with Crippen LogP contribution in [0.25, 0.3) is 0 Å². The summed E-state index contributed by atoms with van der Waals surface area (Å²) < 4.78 is 45.2. The van der Waals surface area contributed by atoms with Crippen molar-refractivity contribution in [3.8, 4) is 5.75 Å². The highest BCUT2D eigenvalue weighted by molar-refractivity contribution is 7.91. The second-order valence-electron chi connectivity index (χ2n) is 8.16. The zero-order valence-electron chi connectivity index (χ0n) is 17.4. The van der Waals surface area contributed by atoms with Crippen LogP contribution in [0, 0.1) is 12.7 Å². The van der Waals surface area contributed by atoms with Gasteiger partial charge in [-0.25, -0.2) is 12.8 Å². The predicted octanol–water partition coefficient (Wildman–Crippen LogP) is 3.75. The standard InChI is InChI=1S/C23H27FN2O3S/c1-16-5-6-18(13-21(16)24)22(15-26-10-9-25-17(2)14-26)29-20-7-8-23-19(12-20)4-3-11-30(23,27)28/h5-8,12-13,22H,3-4,9-11,14-15H2,1-2H3. The van der Waals surface area contributed by atoms with Crippen LogP contribution in [-0.2, 0) is 16.3 Å². The molecule has 2 heterocycles. The van der Waals surface area contributed by atoms with Crippen molar-refractivity contribution in [1.82, 2.24) is 4.90 Å². The fourth-order valence-electron chi connectivity index (χ4n) is 4.10. The van der Waals surface area contributed by atoms with Gasteiger partial charge in [0.2, 0.25) is 0 Å². The molecule has 0 saturated carbocycles. The summed E-state index contributed by atoms with van der Waals surface area (Å²) in [7, 11) is -3.21. The summed E-state index contributed by atoms with van der Waals surface area (Å²) >= 11 is 0. The van der Waals surface area contributed by atoms with Gasteiger partial charge < -0.3 is 4.74 Å². The monoisotopic (exact) mass is 430 g/mol. The Balaban J connectivity index is 1.62. The van der Waals surface area contributed by atoms with Crippen LogP contribution in [-0.4, -0.2) is 51.0 Å². The van der Waals surface area contributed by atoms with Gasteiger partial charge in [0.05, 0.1) is 17.2 Å². The van der Waals surface area contributed by atoms with Crippen LogP contribution in [0.2, 0.25) is 0 Å². The predicted molar refractivity (Wildman–Crippen MR) is 116 cm³/mol. The Kier molecular flexibility index (Phi) is 5.93. The average Bonchev–Trinajstić information content (AvgIpc) is 2.69. The lowest BCUT2D eigenvalue weighted by atomic mass is 10.1. The number of hydrogen-bond acceptors (Lipinski definition) is 5. The smallest absolute Gasteiger partial charge is 0.178 e. The number of halogens is 1. The average molecular weight is 431 g/mol. The van der Waals surface area contributed by atoms with E-state index < -0.39 is 9.84 Å². The minimum atomic E-state index is -3.21. The van der Waals surface area contributed by atoms with Gasteiger partial charge in [0, 0.05) is 25.3 Å². The van der Waals surface area contributed by atoms with Crippen LogP contribution < -0.4 is 4.74 Å². The minimum Gasteiger partial charge on any atom is -0.484 e. The molecule has 0 saturated heterocycles. The van der Waals surface area contributed by atoms with Gasteiger partial charge in [-0.2, -0.15) is 0 Å². The van der Waals surface area contributed by atoms with Crippen molar-refractivity contribution >= 4 is 15.5 Å². The molecular formula is C23H27FN2O3S. The van der Waals surface area contributed by atoms with Gasteiger partial charge in [-0.05, 0) is 67.6 Å². The molecule has 0 bridgehead atoms. The van der Waals surface area contributed by atoms with Crippen molar-refractivity contribution in [2.45, 2.75) is 37.7 Å². The van der Waals surface area contributed by atoms with E-state index in [1.54, 1.807) is 25.1 Å². The van der Waals surface area contributed by atoms with Crippen LogP contribution >= 0.6 is 0 Å². The van der Waals surface area contributed by atoms with Crippen molar-refractivity contribution < 1.29 is 17.5 Å². The molecule has 2 aliphatic heterocycles. The Morgan fingerprint density at radius 1 is 1.20 bits per heavy atom. The molecule has 160 valence electrons. The van der Waals surface area contributed by atoms with E-state index in [1.165, 1.54) is 6.07 Å². The molecule has 2 aliphatic rings. The number of hydrogen-bond donors (Lipinski definition) is 0. The molecule has 0 N–H and O–H groups in total. The third-order valence-electron chi connectivity index (χ3n) is 5.75. The minimum absolute atomic E-state index is 0.196. The van der Waals surface area contributed by atoms with E-state index in [1.807, 2.05) is 19.1 Å². The van der Waals surface area contributed by atoms with Crippen LogP contribution in [0.1, 0.15) is 36.1 Å². The third kappa shape index (κ3) is 4.57. The molecule has 2 aromatic carbocycles. The highest BCUT2D eigenvalue weighted by atomic mass is 32.2. The van der Waals surface area contributed by atoms with Crippen LogP contribution in [0.4, 0.5) is 4.39 Å². The van der Waals surface area contributed by atoms with Crippen molar-refractivity contribution in [3.63, 3.8) is 0 Å². The number of aryl methyl sites for hydroxylation is 2. The fourth-order valence-corrected chi connectivity index (χ4v) is 5.68. The maximum Gasteiger partial charge on any atom is 0.178 e. The molecule has 0 aliphatic carbocycles. The van der Waals surface area contributed by atoms with E-state index in [0.717, 1.165) is 42.9 Å². The van der Waals surface area contributed by atoms with Crippen LogP contribution in [0.5, 0.6) is 5.75 Å². The maximum absolute atomic E-state index is 14.3. The normalized spacial score (nSPS) is 19.6. The number of nitrogens with zero attached hydrogens (tertiary/aromatic N) is 2. The lowest BCUT2D eigenvalue weighted by Crippen LogP contribution is -2.39. The molecule has 30 heavy (non-hydrogen) atoms. The third-order valence-corrected chi connectivity index (χ3v) is 7.64. The number of sulfone groups is 1. The number of rotatable bonds is 5. The van der Waals surface area contributed by atoms with Gasteiger partial charge in [-0.3, -0.25) is 9.89 Å². The van der Waals surface area contributed by atoms with Crippen molar-refractivity contribution in [2.24, 2.45) is 4.99 Å². The highest BCUT2D eigenvalue weighted by Crippen LogP contribution is 2.31. The quantitative estimate of drug-likeness (QED) is 0.725. The number of fused-ring (bicyclic) bond motifs is 1. The largest absolute Gasteiger partial charge is 0.484 e. The Hall–Kier alpha value is -2.25. The van der Waals surface area contributed by atoms with Crippen molar-refractivity contribution in [3.05, 3.63) is 58.9 Å². The first-order valence-electron chi connectivity index (χ1n) is 10.3. The van der Waals surface area contributed by atoms with E-state index in [0.29, 0.717) is 29.2 Å². The van der Waals surface area contributed by atoms with Crippen molar-refractivity contribution in [1.29, 1.82) is 0 Å². The lowest BCUT2D eigenvalue weighted by molar-refractivity contribution is 0.142. The van der Waals surface area contributed by atoms with Gasteiger partial charge in [0.15, 0.2) is 9.84 Å². The molecule has 5 nitrogen and oxygen atoms in total. The zero-order valence-corrected chi connectivity index (χ0v) is 18.2. The van der Waals surface area contributed by atoms with Crippen LogP contribution in [0.3, 0.4) is 0 Å². The summed E-state index contributed by atoms with van der Waals surface area (Å²) in [6, 6.07) is 10.4. The molecule has 2 aromatic rings. The summed E-state index contributed by atoms with van der Waals surface area (Å²) in [4.78, 5) is 7.11. The number of ether oxygens (including phenoxy) is 1. The Labute approximate surface area is 177 Å². The Morgan fingerprint density at radius 2 is 2.03 bits per heavy atom. The summed E-state index contributed by atoms with van der Waals surface area (Å²) in [6.07, 6.45) is 0.971. The number of aliphatic imine (C=N–C) groups is 1. The molecule has 0 aromatic heterocycles. The molecule has 7 heteroatoms. The van der Waals surface area contributed by atoms with E-state index in [4.69, 9.17) is 4.74 Å². The second-order valence-corrected chi connectivity index (χ2v) is 10.2. The summed E-state index contributed by atoms with van der Waals surface area (Å²) in [5, 5.41) is 0. The molecule has 0 fully saturated rings. The van der Waals surface area contributed by atoms with Crippen molar-refractivity contribution in [2.75, 3.05) is 31.9 Å². The first-order chi connectivity index (χ1) is 14.3. The molecule has 1 unspecified atom stereocenters. The Morgan fingerprint density at radius 3 is 2.80 bits per heavy atom. The van der Waals surface area contributed by atoms with Gasteiger partial charge in [-0.1, -0.05) is 12.1 Å². The van der Waals surface area contributed by atoms with Gasteiger partial charge in [-0.15, -0.1) is 0 Å². The van der Waals surface area contributed by atoms with Gasteiger partial charge >= 0.3 is 0 Å². The summed E-state index contributed by atoms with van der Waals surface area (Å²) in [5.74, 6) is 0.551. The maximum atomic E-state index is 14.3. The van der Waals surface area contributed by atoms with Gasteiger partial charge in [0.25, 0.3) is 0 Å². The van der Waals surface area contributed by atoms with E-state index >= 15 is 0 Å². The van der Waals surface area contributed by atoms with E-state index in [-0.39, 0.29) is 17.7 Å². The molecule has 0 amide bonds. The summed E-state index contributed by atoms with van der Waals surface area (Å²) in [6.45, 7) is 6.69. The molecule has 1 atom stereocenters. The summed E-state index contributed by atoms with van der Waals surface area (Å²) in [5.41, 5.74) is 3.24. The molecule has 4 rings (SSSR count). The first-order valence-corrected chi connectivity index (χ1v) is 12.0. The van der Waals surface area contributed by atoms with Crippen LogP contribution in [0.15, 0.2) is 46.3 Å². The molecular weight excluding hydrogens is 403 g/mol. The highest BCUT2D eigenvalue weighted by Gasteiger charge is 2.25. The van der Waals surface area contributed by atoms with Gasteiger partial charge in [0.1, 0.15) is 17.7 Å². The second kappa shape index (κ2) is 8.47. The first kappa shape index (κ1) is 21.0. The fraction of sp³-hybridized carbons (Fsp3) is 0.435. The lowest BCUT2D eigenvalue weighted by Gasteiger charge is -2.30. The molecule has 0 spiro atoms. The topological polar surface area (TPSA) is 59.0 Å². The number of benzene rings is 2.